The number of hydrogen-bond donors (Lipinski definition) is 0. The molecule has 0 saturated carbocycles. The van der Waals surface area contributed by atoms with Gasteiger partial charge in [0.2, 0.25) is 5.95 Å². The minimum Gasteiger partial charge on any atom is -0.312 e. The van der Waals surface area contributed by atoms with E-state index < -0.39 is 0 Å². The summed E-state index contributed by atoms with van der Waals surface area (Å²) in [5, 5.41) is 0. The van der Waals surface area contributed by atoms with E-state index in [0.717, 1.165) is 29.2 Å². The molecule has 0 bridgehead atoms. The van der Waals surface area contributed by atoms with E-state index in [1.807, 2.05) is 4.57 Å². The van der Waals surface area contributed by atoms with Crippen LogP contribution >= 0.6 is 0 Å². The normalized spacial score (nSPS) is 16.6. The summed E-state index contributed by atoms with van der Waals surface area (Å²) in [6.07, 6.45) is 3.46. The highest BCUT2D eigenvalue weighted by atomic mass is 16.2. The average Bonchev–Trinajstić information content (AvgIpc) is 3.08. The third-order valence-corrected chi connectivity index (χ3v) is 5.62. The second kappa shape index (κ2) is 6.96. The number of anilines is 2. The highest BCUT2D eigenvalue weighted by Crippen LogP contribution is 2.32. The molecule has 1 atom stereocenters. The Hall–Kier alpha value is -2.83. The summed E-state index contributed by atoms with van der Waals surface area (Å²) in [6, 6.07) is 8.60. The van der Waals surface area contributed by atoms with Gasteiger partial charge in [0.1, 0.15) is 0 Å². The minimum absolute atomic E-state index is 0.291. The number of nitrogens with zero attached hydrogens (tertiary/aromatic N) is 5. The van der Waals surface area contributed by atoms with E-state index in [-0.39, 0.29) is 11.2 Å². The van der Waals surface area contributed by atoms with E-state index in [2.05, 4.69) is 43.0 Å². The molecule has 0 spiro atoms. The maximum atomic E-state index is 12.8. The first-order valence-corrected chi connectivity index (χ1v) is 9.95. The Bertz CT molecular complexity index is 1140. The van der Waals surface area contributed by atoms with Gasteiger partial charge >= 0.3 is 5.69 Å². The highest BCUT2D eigenvalue weighted by Gasteiger charge is 2.29. The number of aromatic nitrogens is 4. The summed E-state index contributed by atoms with van der Waals surface area (Å²) in [5.41, 5.74) is 2.69. The van der Waals surface area contributed by atoms with Gasteiger partial charge in [-0.15, -0.1) is 0 Å². The first-order chi connectivity index (χ1) is 13.4. The predicted octanol–water partition coefficient (Wildman–Crippen LogP) is 2.56. The molecule has 4 rings (SSSR count). The van der Waals surface area contributed by atoms with Crippen molar-refractivity contribution in [2.24, 2.45) is 20.0 Å². The Morgan fingerprint density at radius 2 is 1.79 bits per heavy atom. The van der Waals surface area contributed by atoms with Crippen LogP contribution in [0.25, 0.3) is 11.2 Å². The Kier molecular flexibility index (Phi) is 4.61. The van der Waals surface area contributed by atoms with E-state index in [9.17, 15) is 9.59 Å². The van der Waals surface area contributed by atoms with Gasteiger partial charge in [0, 0.05) is 32.9 Å². The zero-order valence-corrected chi connectivity index (χ0v) is 17.0. The average molecular weight is 381 g/mol. The van der Waals surface area contributed by atoms with Crippen LogP contribution in [0.3, 0.4) is 0 Å². The van der Waals surface area contributed by atoms with Gasteiger partial charge in [0.05, 0.1) is 0 Å². The number of hydrogen-bond acceptors (Lipinski definition) is 4. The van der Waals surface area contributed by atoms with Gasteiger partial charge in [-0.25, -0.2) is 4.79 Å². The summed E-state index contributed by atoms with van der Waals surface area (Å²) in [5.74, 6) is 1.08. The van der Waals surface area contributed by atoms with E-state index in [1.165, 1.54) is 30.0 Å². The van der Waals surface area contributed by atoms with Crippen LogP contribution in [-0.4, -0.2) is 25.2 Å². The van der Waals surface area contributed by atoms with Crippen molar-refractivity contribution in [2.75, 3.05) is 11.4 Å². The lowest BCUT2D eigenvalue weighted by Crippen LogP contribution is -2.38. The lowest BCUT2D eigenvalue weighted by molar-refractivity contribution is 0.458. The van der Waals surface area contributed by atoms with E-state index >= 15 is 0 Å². The van der Waals surface area contributed by atoms with E-state index in [4.69, 9.17) is 4.98 Å². The molecule has 2 aromatic heterocycles. The third-order valence-electron chi connectivity index (χ3n) is 5.62. The number of benzene rings is 1. The fourth-order valence-corrected chi connectivity index (χ4v) is 4.02. The monoisotopic (exact) mass is 381 g/mol. The standard InChI is InChI=1S/C21H27N5O2/c1-5-6-7-15-8-10-16(11-9-15)25-12-14(2)13-26-17-18(22-20(25)26)23(3)21(28)24(4)19(17)27/h8-11,14H,5-7,12-13H2,1-4H3/t14-/m0/s1. The zero-order valence-electron chi connectivity index (χ0n) is 17.0. The first kappa shape index (κ1) is 18.5. The van der Waals surface area contributed by atoms with Crippen LogP contribution < -0.4 is 16.1 Å². The molecule has 1 aliphatic heterocycles. The van der Waals surface area contributed by atoms with Crippen molar-refractivity contribution in [1.29, 1.82) is 0 Å². The van der Waals surface area contributed by atoms with E-state index in [0.29, 0.717) is 23.6 Å². The smallest absolute Gasteiger partial charge is 0.312 e. The van der Waals surface area contributed by atoms with Gasteiger partial charge in [-0.1, -0.05) is 32.4 Å². The Morgan fingerprint density at radius 3 is 2.46 bits per heavy atom. The summed E-state index contributed by atoms with van der Waals surface area (Å²) in [4.78, 5) is 32.0. The molecule has 0 fully saturated rings. The lowest BCUT2D eigenvalue weighted by Gasteiger charge is -2.33. The maximum Gasteiger partial charge on any atom is 0.332 e. The summed E-state index contributed by atoms with van der Waals surface area (Å²) < 4.78 is 4.58. The van der Waals surface area contributed by atoms with Crippen LogP contribution in [0, 0.1) is 5.92 Å². The molecule has 0 amide bonds. The SMILES string of the molecule is CCCCc1ccc(N2C[C@H](C)Cn3c2nc2c3c(=O)n(C)c(=O)n2C)cc1. The molecule has 1 aromatic carbocycles. The van der Waals surface area contributed by atoms with Gasteiger partial charge in [0.25, 0.3) is 5.56 Å². The molecule has 7 heteroatoms. The number of aryl methyl sites for hydroxylation is 2. The summed E-state index contributed by atoms with van der Waals surface area (Å²) in [7, 11) is 3.18. The molecule has 0 radical (unpaired) electrons. The van der Waals surface area contributed by atoms with Gasteiger partial charge < -0.3 is 9.47 Å². The molecule has 3 aromatic rings. The molecule has 0 saturated heterocycles. The quantitative estimate of drug-likeness (QED) is 0.697. The van der Waals surface area contributed by atoms with Gasteiger partial charge in [-0.05, 0) is 36.5 Å². The van der Waals surface area contributed by atoms with Gasteiger partial charge in [-0.3, -0.25) is 13.9 Å². The van der Waals surface area contributed by atoms with Crippen molar-refractivity contribution >= 4 is 22.8 Å². The second-order valence-corrected chi connectivity index (χ2v) is 7.89. The van der Waals surface area contributed by atoms with Crippen LogP contribution in [0.5, 0.6) is 0 Å². The van der Waals surface area contributed by atoms with Crippen molar-refractivity contribution in [3.05, 3.63) is 50.7 Å². The van der Waals surface area contributed by atoms with Crippen molar-refractivity contribution < 1.29 is 0 Å². The minimum atomic E-state index is -0.354. The van der Waals surface area contributed by atoms with Gasteiger partial charge in [-0.2, -0.15) is 4.98 Å². The Labute approximate surface area is 163 Å². The molecule has 0 aliphatic carbocycles. The van der Waals surface area contributed by atoms with E-state index in [1.54, 1.807) is 7.05 Å². The van der Waals surface area contributed by atoms with Crippen LogP contribution in [-0.2, 0) is 27.1 Å². The zero-order chi connectivity index (χ0) is 20.0. The highest BCUT2D eigenvalue weighted by molar-refractivity contribution is 5.77. The van der Waals surface area contributed by atoms with Crippen LogP contribution in [0.2, 0.25) is 0 Å². The fraction of sp³-hybridized carbons (Fsp3) is 0.476. The number of imidazole rings is 1. The van der Waals surface area contributed by atoms with Crippen molar-refractivity contribution in [1.82, 2.24) is 18.7 Å². The Balaban J connectivity index is 1.85. The molecule has 0 N–H and O–H groups in total. The fourth-order valence-electron chi connectivity index (χ4n) is 4.02. The van der Waals surface area contributed by atoms with Crippen molar-refractivity contribution in [3.8, 4) is 0 Å². The first-order valence-electron chi connectivity index (χ1n) is 9.95. The summed E-state index contributed by atoms with van der Waals surface area (Å²) in [6.45, 7) is 5.91. The maximum absolute atomic E-state index is 12.8. The number of unbranched alkanes of at least 4 members (excludes halogenated alkanes) is 1. The largest absolute Gasteiger partial charge is 0.332 e. The molecular weight excluding hydrogens is 354 g/mol. The lowest BCUT2D eigenvalue weighted by atomic mass is 10.1. The number of fused-ring (bicyclic) bond motifs is 3. The van der Waals surface area contributed by atoms with Crippen LogP contribution in [0.1, 0.15) is 32.3 Å². The third kappa shape index (κ3) is 2.85. The number of rotatable bonds is 4. The topological polar surface area (TPSA) is 65.1 Å². The molecule has 7 nitrogen and oxygen atoms in total. The predicted molar refractivity (Wildman–Crippen MR) is 111 cm³/mol. The van der Waals surface area contributed by atoms with Crippen LogP contribution in [0.15, 0.2) is 33.9 Å². The molecule has 3 heterocycles. The summed E-state index contributed by atoms with van der Waals surface area (Å²) >= 11 is 0. The molecule has 148 valence electrons. The molecule has 1 aliphatic rings. The van der Waals surface area contributed by atoms with Gasteiger partial charge in [0.15, 0.2) is 11.2 Å². The molecule has 28 heavy (non-hydrogen) atoms. The molecular formula is C21H27N5O2. The second-order valence-electron chi connectivity index (χ2n) is 7.89. The van der Waals surface area contributed by atoms with Crippen molar-refractivity contribution in [3.63, 3.8) is 0 Å². The van der Waals surface area contributed by atoms with Crippen LogP contribution in [0.4, 0.5) is 11.6 Å². The Morgan fingerprint density at radius 1 is 1.07 bits per heavy atom. The molecule has 0 unspecified atom stereocenters. The van der Waals surface area contributed by atoms with Crippen molar-refractivity contribution in [2.45, 2.75) is 39.7 Å².